The molecule has 2 rings (SSSR count). The summed E-state index contributed by atoms with van der Waals surface area (Å²) in [6.45, 7) is 2.29. The van der Waals surface area contributed by atoms with Crippen LogP contribution in [0.3, 0.4) is 0 Å². The Balaban J connectivity index is 1.79. The number of nitrogens with one attached hydrogen (secondary N) is 2. The normalized spacial score (nSPS) is 11.7. The van der Waals surface area contributed by atoms with Gasteiger partial charge in [-0.2, -0.15) is 0 Å². The Morgan fingerprint density at radius 1 is 1.22 bits per heavy atom. The van der Waals surface area contributed by atoms with Crippen LogP contribution in [0.4, 0.5) is 0 Å². The molecule has 0 saturated heterocycles. The van der Waals surface area contributed by atoms with E-state index in [0.717, 1.165) is 16.5 Å². The highest BCUT2D eigenvalue weighted by Crippen LogP contribution is 2.19. The first-order valence-electron chi connectivity index (χ1n) is 7.46. The zero-order valence-corrected chi connectivity index (χ0v) is 14.4. The summed E-state index contributed by atoms with van der Waals surface area (Å²) in [7, 11) is 0. The number of amides is 2. The molecule has 2 amide bonds. The maximum atomic E-state index is 12.0. The van der Waals surface area contributed by atoms with Gasteiger partial charge < -0.3 is 15.1 Å². The van der Waals surface area contributed by atoms with Crippen LogP contribution in [0, 0.1) is 0 Å². The van der Waals surface area contributed by atoms with Crippen LogP contribution >= 0.6 is 15.9 Å². The first-order valence-corrected chi connectivity index (χ1v) is 8.26. The first-order chi connectivity index (χ1) is 11.1. The minimum atomic E-state index is -0.317. The Hall–Kier alpha value is -2.08. The van der Waals surface area contributed by atoms with Crippen molar-refractivity contribution in [1.82, 2.24) is 10.6 Å². The molecule has 1 heterocycles. The fourth-order valence-corrected chi connectivity index (χ4v) is 2.43. The second-order valence-corrected chi connectivity index (χ2v) is 5.98. The predicted octanol–water partition coefficient (Wildman–Crippen LogP) is 3.43. The van der Waals surface area contributed by atoms with Crippen LogP contribution in [-0.2, 0) is 4.79 Å². The maximum Gasteiger partial charge on any atom is 0.286 e. The second kappa shape index (κ2) is 8.53. The van der Waals surface area contributed by atoms with Crippen molar-refractivity contribution in [3.63, 3.8) is 0 Å². The second-order valence-electron chi connectivity index (χ2n) is 5.06. The lowest BCUT2D eigenvalue weighted by atomic mass is 10.0. The number of furan rings is 1. The van der Waals surface area contributed by atoms with E-state index in [1.54, 1.807) is 12.1 Å². The first kappa shape index (κ1) is 17.3. The van der Waals surface area contributed by atoms with Gasteiger partial charge >= 0.3 is 0 Å². The lowest BCUT2D eigenvalue weighted by Crippen LogP contribution is -2.32. The molecule has 1 atom stereocenters. The summed E-state index contributed by atoms with van der Waals surface area (Å²) in [4.78, 5) is 23.7. The quantitative estimate of drug-likeness (QED) is 0.774. The SMILES string of the molecule is CCC(NC(=O)CCNC(=O)c1ccco1)c1ccc(Br)cc1. The van der Waals surface area contributed by atoms with Gasteiger partial charge in [0.05, 0.1) is 12.3 Å². The summed E-state index contributed by atoms with van der Waals surface area (Å²) in [6.07, 6.45) is 2.46. The predicted molar refractivity (Wildman–Crippen MR) is 91.0 cm³/mol. The monoisotopic (exact) mass is 378 g/mol. The summed E-state index contributed by atoms with van der Waals surface area (Å²) in [5.74, 6) is -0.172. The van der Waals surface area contributed by atoms with Gasteiger partial charge in [0.2, 0.25) is 5.91 Å². The molecule has 5 nitrogen and oxygen atoms in total. The van der Waals surface area contributed by atoms with Gasteiger partial charge in [-0.15, -0.1) is 0 Å². The van der Waals surface area contributed by atoms with Crippen molar-refractivity contribution in [3.05, 3.63) is 58.5 Å². The van der Waals surface area contributed by atoms with Crippen molar-refractivity contribution in [2.75, 3.05) is 6.54 Å². The third kappa shape index (κ3) is 5.25. The molecule has 0 spiro atoms. The van der Waals surface area contributed by atoms with E-state index >= 15 is 0 Å². The fraction of sp³-hybridized carbons (Fsp3) is 0.294. The number of rotatable bonds is 7. The highest BCUT2D eigenvalue weighted by molar-refractivity contribution is 9.10. The van der Waals surface area contributed by atoms with Gasteiger partial charge in [0, 0.05) is 17.4 Å². The molecule has 0 radical (unpaired) electrons. The molecule has 122 valence electrons. The topological polar surface area (TPSA) is 71.3 Å². The van der Waals surface area contributed by atoms with Gasteiger partial charge in [0.25, 0.3) is 5.91 Å². The molecule has 0 aliphatic carbocycles. The third-order valence-corrected chi connectivity index (χ3v) is 3.93. The van der Waals surface area contributed by atoms with Crippen molar-refractivity contribution < 1.29 is 14.0 Å². The van der Waals surface area contributed by atoms with Gasteiger partial charge in [0.15, 0.2) is 5.76 Å². The van der Waals surface area contributed by atoms with E-state index in [4.69, 9.17) is 4.42 Å². The van der Waals surface area contributed by atoms with Gasteiger partial charge in [0.1, 0.15) is 0 Å². The van der Waals surface area contributed by atoms with Crippen molar-refractivity contribution in [1.29, 1.82) is 0 Å². The number of hydrogen-bond acceptors (Lipinski definition) is 3. The van der Waals surface area contributed by atoms with Crippen LogP contribution in [0.2, 0.25) is 0 Å². The van der Waals surface area contributed by atoms with Crippen LogP contribution in [0.1, 0.15) is 41.9 Å². The molecule has 0 fully saturated rings. The van der Waals surface area contributed by atoms with Crippen molar-refractivity contribution in [2.24, 2.45) is 0 Å². The highest BCUT2D eigenvalue weighted by Gasteiger charge is 2.13. The molecule has 0 aliphatic rings. The minimum Gasteiger partial charge on any atom is -0.459 e. The van der Waals surface area contributed by atoms with Gasteiger partial charge in [-0.3, -0.25) is 9.59 Å². The van der Waals surface area contributed by atoms with Crippen LogP contribution < -0.4 is 10.6 Å². The summed E-state index contributed by atoms with van der Waals surface area (Å²) >= 11 is 3.40. The van der Waals surface area contributed by atoms with E-state index < -0.39 is 0 Å². The molecule has 23 heavy (non-hydrogen) atoms. The fourth-order valence-electron chi connectivity index (χ4n) is 2.17. The molecule has 0 aliphatic heterocycles. The molecule has 2 N–H and O–H groups in total. The van der Waals surface area contributed by atoms with E-state index in [0.29, 0.717) is 0 Å². The van der Waals surface area contributed by atoms with E-state index in [1.807, 2.05) is 31.2 Å². The Morgan fingerprint density at radius 3 is 2.57 bits per heavy atom. The Kier molecular flexibility index (Phi) is 6.40. The van der Waals surface area contributed by atoms with Gasteiger partial charge in [-0.25, -0.2) is 0 Å². The summed E-state index contributed by atoms with van der Waals surface area (Å²) in [5, 5.41) is 5.64. The van der Waals surface area contributed by atoms with Crippen molar-refractivity contribution >= 4 is 27.7 Å². The number of carbonyl (C=O) groups excluding carboxylic acids is 2. The molecule has 1 aromatic carbocycles. The standard InChI is InChI=1S/C17H19BrN2O3/c1-2-14(12-5-7-13(18)8-6-12)20-16(21)9-10-19-17(22)15-4-3-11-23-15/h3-8,11,14H,2,9-10H2,1H3,(H,19,22)(H,20,21). The summed E-state index contributed by atoms with van der Waals surface area (Å²) < 4.78 is 5.99. The van der Waals surface area contributed by atoms with Crippen molar-refractivity contribution in [3.8, 4) is 0 Å². The molecule has 0 saturated carbocycles. The van der Waals surface area contributed by atoms with E-state index in [-0.39, 0.29) is 36.6 Å². The minimum absolute atomic E-state index is 0.0311. The molecule has 2 aromatic rings. The molecular formula is C17H19BrN2O3. The molecule has 1 aromatic heterocycles. The zero-order chi connectivity index (χ0) is 16.7. The molecule has 0 bridgehead atoms. The summed E-state index contributed by atoms with van der Waals surface area (Å²) in [5.41, 5.74) is 1.06. The van der Waals surface area contributed by atoms with Crippen LogP contribution in [0.5, 0.6) is 0 Å². The Bertz CT molecular complexity index is 638. The molecule has 6 heteroatoms. The number of halogens is 1. The number of carbonyl (C=O) groups is 2. The average Bonchev–Trinajstić information content (AvgIpc) is 3.08. The van der Waals surface area contributed by atoms with Gasteiger partial charge in [-0.05, 0) is 36.2 Å². The molecular weight excluding hydrogens is 360 g/mol. The smallest absolute Gasteiger partial charge is 0.286 e. The number of hydrogen-bond donors (Lipinski definition) is 2. The zero-order valence-electron chi connectivity index (χ0n) is 12.8. The van der Waals surface area contributed by atoms with Crippen LogP contribution in [-0.4, -0.2) is 18.4 Å². The largest absolute Gasteiger partial charge is 0.459 e. The van der Waals surface area contributed by atoms with Crippen molar-refractivity contribution in [2.45, 2.75) is 25.8 Å². The van der Waals surface area contributed by atoms with E-state index in [2.05, 4.69) is 26.6 Å². The third-order valence-electron chi connectivity index (χ3n) is 3.40. The lowest BCUT2D eigenvalue weighted by molar-refractivity contribution is -0.121. The van der Waals surface area contributed by atoms with Crippen LogP contribution in [0.25, 0.3) is 0 Å². The van der Waals surface area contributed by atoms with Gasteiger partial charge in [-0.1, -0.05) is 35.0 Å². The summed E-state index contributed by atoms with van der Waals surface area (Å²) in [6, 6.07) is 11.1. The Labute approximate surface area is 143 Å². The van der Waals surface area contributed by atoms with E-state index in [9.17, 15) is 9.59 Å². The molecule has 1 unspecified atom stereocenters. The highest BCUT2D eigenvalue weighted by atomic mass is 79.9. The maximum absolute atomic E-state index is 12.0. The van der Waals surface area contributed by atoms with Crippen LogP contribution in [0.15, 0.2) is 51.6 Å². The van der Waals surface area contributed by atoms with E-state index in [1.165, 1.54) is 6.26 Å². The Morgan fingerprint density at radius 2 is 1.96 bits per heavy atom. The lowest BCUT2D eigenvalue weighted by Gasteiger charge is -2.17. The average molecular weight is 379 g/mol. The number of benzene rings is 1.